The van der Waals surface area contributed by atoms with Crippen LogP contribution in [0.25, 0.3) is 10.9 Å². The molecular weight excluding hydrogens is 476 g/mol. The van der Waals surface area contributed by atoms with Gasteiger partial charge in [-0.2, -0.15) is 10.2 Å². The second kappa shape index (κ2) is 9.42. The highest BCUT2D eigenvalue weighted by atomic mass is 19.1. The van der Waals surface area contributed by atoms with Crippen LogP contribution >= 0.6 is 0 Å². The number of fused-ring (bicyclic) bond motifs is 1. The van der Waals surface area contributed by atoms with Gasteiger partial charge in [0.2, 0.25) is 0 Å². The normalized spacial score (nSPS) is 13.1. The molecular formula is C25H20F4N6O. The Morgan fingerprint density at radius 3 is 2.39 bits per heavy atom. The molecule has 5 rings (SSSR count). The van der Waals surface area contributed by atoms with E-state index in [-0.39, 0.29) is 30.8 Å². The predicted octanol–water partition coefficient (Wildman–Crippen LogP) is 4.38. The first kappa shape index (κ1) is 23.5. The molecule has 0 fully saturated rings. The minimum atomic E-state index is -1.84. The molecule has 3 aromatic carbocycles. The third kappa shape index (κ3) is 4.78. The monoisotopic (exact) mass is 496 g/mol. The minimum absolute atomic E-state index is 0.0633. The highest BCUT2D eigenvalue weighted by molar-refractivity contribution is 5.81. The molecule has 0 radical (unpaired) electrons. The number of aromatic nitrogens is 5. The fourth-order valence-electron chi connectivity index (χ4n) is 4.09. The summed E-state index contributed by atoms with van der Waals surface area (Å²) in [6, 6.07) is 11.8. The molecule has 0 amide bonds. The molecule has 36 heavy (non-hydrogen) atoms. The van der Waals surface area contributed by atoms with Crippen LogP contribution in [-0.4, -0.2) is 29.7 Å². The molecule has 11 heteroatoms. The maximum atomic E-state index is 14.7. The molecule has 2 N–H and O–H groups in total. The molecule has 0 bridgehead atoms. The van der Waals surface area contributed by atoms with E-state index in [9.17, 15) is 22.7 Å². The minimum Gasteiger partial charge on any atom is -0.381 e. The number of aliphatic hydroxyl groups is 1. The number of benzene rings is 3. The van der Waals surface area contributed by atoms with Gasteiger partial charge in [-0.05, 0) is 36.4 Å². The zero-order chi connectivity index (χ0) is 25.3. The standard InChI is InChI=1S/C25H20F4N6O/c26-17-5-7-20(23(29)8-17)25(36,13-35-15-30-14-32-35)12-34-11-16-4-6-18(9-24(16)33-34)31-10-19-21(27)2-1-3-22(19)28/h1-9,11,14-15,31,36H,10,12-13H2. The average Bonchev–Trinajstić information content (AvgIpc) is 3.47. The summed E-state index contributed by atoms with van der Waals surface area (Å²) < 4.78 is 58.8. The number of halogens is 4. The van der Waals surface area contributed by atoms with Gasteiger partial charge in [-0.15, -0.1) is 0 Å². The molecule has 7 nitrogen and oxygen atoms in total. The molecule has 0 saturated heterocycles. The summed E-state index contributed by atoms with van der Waals surface area (Å²) in [6.07, 6.45) is 4.33. The van der Waals surface area contributed by atoms with Crippen LogP contribution in [0.4, 0.5) is 23.2 Å². The van der Waals surface area contributed by atoms with Crippen molar-refractivity contribution in [3.8, 4) is 0 Å². The van der Waals surface area contributed by atoms with E-state index in [2.05, 4.69) is 20.5 Å². The van der Waals surface area contributed by atoms with Gasteiger partial charge in [-0.3, -0.25) is 4.68 Å². The highest BCUT2D eigenvalue weighted by Crippen LogP contribution is 2.29. The number of hydrogen-bond donors (Lipinski definition) is 2. The molecule has 0 aliphatic carbocycles. The summed E-state index contributed by atoms with van der Waals surface area (Å²) in [5.41, 5.74) is -0.915. The number of anilines is 1. The zero-order valence-corrected chi connectivity index (χ0v) is 18.7. The Bertz CT molecular complexity index is 1500. The zero-order valence-electron chi connectivity index (χ0n) is 18.7. The predicted molar refractivity (Wildman–Crippen MR) is 124 cm³/mol. The second-order valence-electron chi connectivity index (χ2n) is 8.40. The van der Waals surface area contributed by atoms with Gasteiger partial charge in [0.05, 0.1) is 18.6 Å². The molecule has 0 spiro atoms. The Morgan fingerprint density at radius 1 is 0.889 bits per heavy atom. The number of rotatable bonds is 8. The molecule has 2 aromatic heterocycles. The van der Waals surface area contributed by atoms with Crippen LogP contribution in [0.15, 0.2) is 73.4 Å². The Morgan fingerprint density at radius 2 is 1.67 bits per heavy atom. The van der Waals surface area contributed by atoms with Crippen LogP contribution in [0.2, 0.25) is 0 Å². The lowest BCUT2D eigenvalue weighted by Gasteiger charge is -2.28. The van der Waals surface area contributed by atoms with Crippen molar-refractivity contribution >= 4 is 16.6 Å². The van der Waals surface area contributed by atoms with Crippen LogP contribution < -0.4 is 5.32 Å². The summed E-state index contributed by atoms with van der Waals surface area (Å²) in [6.45, 7) is -0.397. The topological polar surface area (TPSA) is 80.8 Å². The van der Waals surface area contributed by atoms with E-state index >= 15 is 0 Å². The Kier molecular flexibility index (Phi) is 6.15. The number of nitrogens with one attached hydrogen (secondary N) is 1. The van der Waals surface area contributed by atoms with Gasteiger partial charge >= 0.3 is 0 Å². The maximum absolute atomic E-state index is 14.7. The number of hydrogen-bond acceptors (Lipinski definition) is 5. The molecule has 1 atom stereocenters. The third-order valence-electron chi connectivity index (χ3n) is 5.83. The highest BCUT2D eigenvalue weighted by Gasteiger charge is 2.34. The maximum Gasteiger partial charge on any atom is 0.137 e. The first-order valence-electron chi connectivity index (χ1n) is 10.9. The first-order chi connectivity index (χ1) is 17.3. The van der Waals surface area contributed by atoms with Crippen molar-refractivity contribution in [2.24, 2.45) is 0 Å². The lowest BCUT2D eigenvalue weighted by atomic mass is 9.93. The number of nitrogens with zero attached hydrogens (tertiary/aromatic N) is 5. The molecule has 5 aromatic rings. The van der Waals surface area contributed by atoms with Gasteiger partial charge < -0.3 is 10.4 Å². The summed E-state index contributed by atoms with van der Waals surface area (Å²) in [5, 5.41) is 23.7. The molecule has 184 valence electrons. The first-order valence-corrected chi connectivity index (χ1v) is 10.9. The van der Waals surface area contributed by atoms with Crippen molar-refractivity contribution < 1.29 is 22.7 Å². The van der Waals surface area contributed by atoms with E-state index in [0.717, 1.165) is 11.5 Å². The summed E-state index contributed by atoms with van der Waals surface area (Å²) >= 11 is 0. The van der Waals surface area contributed by atoms with Crippen LogP contribution in [-0.2, 0) is 25.2 Å². The molecule has 0 saturated carbocycles. The Balaban J connectivity index is 1.42. The van der Waals surface area contributed by atoms with E-state index in [1.807, 2.05) is 0 Å². The van der Waals surface area contributed by atoms with Crippen molar-refractivity contribution in [2.45, 2.75) is 25.2 Å². The third-order valence-corrected chi connectivity index (χ3v) is 5.83. The molecule has 1 unspecified atom stereocenters. The quantitative estimate of drug-likeness (QED) is 0.312. The van der Waals surface area contributed by atoms with Crippen LogP contribution in [0.1, 0.15) is 11.1 Å². The SMILES string of the molecule is OC(Cn1cncn1)(Cn1cc2ccc(NCc3c(F)cccc3F)cc2n1)c1ccc(F)cc1F. The van der Waals surface area contributed by atoms with Crippen LogP contribution in [0.3, 0.4) is 0 Å². The van der Waals surface area contributed by atoms with Crippen molar-refractivity contribution in [2.75, 3.05) is 5.32 Å². The van der Waals surface area contributed by atoms with Gasteiger partial charge in [0.25, 0.3) is 0 Å². The van der Waals surface area contributed by atoms with Gasteiger partial charge in [0.15, 0.2) is 0 Å². The largest absolute Gasteiger partial charge is 0.381 e. The van der Waals surface area contributed by atoms with Gasteiger partial charge in [-0.1, -0.05) is 12.1 Å². The van der Waals surface area contributed by atoms with E-state index < -0.39 is 28.9 Å². The van der Waals surface area contributed by atoms with E-state index in [1.165, 1.54) is 46.3 Å². The van der Waals surface area contributed by atoms with Crippen molar-refractivity contribution in [3.63, 3.8) is 0 Å². The van der Waals surface area contributed by atoms with Gasteiger partial charge in [0.1, 0.15) is 41.5 Å². The van der Waals surface area contributed by atoms with Gasteiger partial charge in [0, 0.05) is 41.0 Å². The van der Waals surface area contributed by atoms with Crippen LogP contribution in [0, 0.1) is 23.3 Å². The van der Waals surface area contributed by atoms with Crippen LogP contribution in [0.5, 0.6) is 0 Å². The molecule has 0 aliphatic rings. The average molecular weight is 496 g/mol. The van der Waals surface area contributed by atoms with Crippen molar-refractivity contribution in [3.05, 3.63) is 108 Å². The summed E-state index contributed by atoms with van der Waals surface area (Å²) in [7, 11) is 0. The van der Waals surface area contributed by atoms with Crippen molar-refractivity contribution in [1.29, 1.82) is 0 Å². The fourth-order valence-corrected chi connectivity index (χ4v) is 4.09. The van der Waals surface area contributed by atoms with E-state index in [1.54, 1.807) is 24.4 Å². The summed E-state index contributed by atoms with van der Waals surface area (Å²) in [5.74, 6) is -2.96. The lowest BCUT2D eigenvalue weighted by molar-refractivity contribution is -0.00828. The summed E-state index contributed by atoms with van der Waals surface area (Å²) in [4.78, 5) is 3.85. The Labute approximate surface area is 202 Å². The van der Waals surface area contributed by atoms with E-state index in [4.69, 9.17) is 0 Å². The molecule has 0 aliphatic heterocycles. The van der Waals surface area contributed by atoms with E-state index in [0.29, 0.717) is 17.3 Å². The lowest BCUT2D eigenvalue weighted by Crippen LogP contribution is -2.37. The smallest absolute Gasteiger partial charge is 0.137 e. The fraction of sp³-hybridized carbons (Fsp3) is 0.160. The van der Waals surface area contributed by atoms with Crippen molar-refractivity contribution in [1.82, 2.24) is 24.5 Å². The second-order valence-corrected chi connectivity index (χ2v) is 8.40. The van der Waals surface area contributed by atoms with Gasteiger partial charge in [-0.25, -0.2) is 27.2 Å². The Hall–Kier alpha value is -4.25. The molecule has 2 heterocycles.